The molecule has 0 saturated heterocycles. The number of hydrogen-bond donors (Lipinski definition) is 2. The van der Waals surface area contributed by atoms with Gasteiger partial charge in [-0.1, -0.05) is 32.1 Å². The van der Waals surface area contributed by atoms with Gasteiger partial charge in [-0.05, 0) is 48.1 Å². The second-order valence-electron chi connectivity index (χ2n) is 5.28. The molecule has 20 heavy (non-hydrogen) atoms. The molecule has 0 aliphatic carbocycles. The molecule has 1 atom stereocenters. The first-order valence-electron chi connectivity index (χ1n) is 6.69. The molecule has 2 nitrogen and oxygen atoms in total. The Balaban J connectivity index is 2.24. The topological polar surface area (TPSA) is 38.0 Å². The summed E-state index contributed by atoms with van der Waals surface area (Å²) in [5, 5.41) is 5.73. The van der Waals surface area contributed by atoms with Crippen LogP contribution in [-0.4, -0.2) is 4.99 Å². The van der Waals surface area contributed by atoms with E-state index >= 15 is 0 Å². The minimum atomic E-state index is 0.324. The van der Waals surface area contributed by atoms with Crippen molar-refractivity contribution in [3.05, 3.63) is 51.7 Å². The summed E-state index contributed by atoms with van der Waals surface area (Å²) in [4.78, 5) is 1.81. The Morgan fingerprint density at radius 2 is 2.05 bits per heavy atom. The summed E-state index contributed by atoms with van der Waals surface area (Å²) in [5.41, 5.74) is 8.86. The lowest BCUT2D eigenvalue weighted by atomic mass is 10.0. The molecule has 0 saturated carbocycles. The van der Waals surface area contributed by atoms with E-state index in [0.29, 0.717) is 16.9 Å². The number of aryl methyl sites for hydroxylation is 1. The Bertz CT molecular complexity index is 589. The lowest BCUT2D eigenvalue weighted by Gasteiger charge is -2.23. The van der Waals surface area contributed by atoms with Crippen LogP contribution in [0.25, 0.3) is 0 Å². The van der Waals surface area contributed by atoms with Crippen LogP contribution in [0.3, 0.4) is 0 Å². The van der Waals surface area contributed by atoms with Crippen LogP contribution in [0.1, 0.15) is 35.9 Å². The van der Waals surface area contributed by atoms with Gasteiger partial charge in [0.15, 0.2) is 0 Å². The maximum Gasteiger partial charge on any atom is 0.104 e. The average molecular weight is 304 g/mol. The van der Waals surface area contributed by atoms with Gasteiger partial charge in [0, 0.05) is 16.1 Å². The summed E-state index contributed by atoms with van der Waals surface area (Å²) in [7, 11) is 0. The van der Waals surface area contributed by atoms with Gasteiger partial charge in [-0.15, -0.1) is 11.3 Å². The average Bonchev–Trinajstić information content (AvgIpc) is 2.88. The van der Waals surface area contributed by atoms with Gasteiger partial charge in [-0.25, -0.2) is 0 Å². The Labute approximate surface area is 130 Å². The highest BCUT2D eigenvalue weighted by molar-refractivity contribution is 7.80. The van der Waals surface area contributed by atoms with Crippen LogP contribution >= 0.6 is 23.6 Å². The summed E-state index contributed by atoms with van der Waals surface area (Å²) >= 11 is 6.83. The maximum atomic E-state index is 5.70. The SMILES string of the molecule is Cc1cc(NC(c2cccs2)C(C)C)ccc1C(N)=S. The second kappa shape index (κ2) is 6.37. The van der Waals surface area contributed by atoms with Gasteiger partial charge in [0.2, 0.25) is 0 Å². The number of nitrogens with one attached hydrogen (secondary N) is 1. The number of thiophene rings is 1. The minimum Gasteiger partial charge on any atom is -0.389 e. The van der Waals surface area contributed by atoms with Crippen molar-refractivity contribution in [2.45, 2.75) is 26.8 Å². The lowest BCUT2D eigenvalue weighted by molar-refractivity contribution is 0.554. The molecule has 2 aromatic rings. The molecule has 4 heteroatoms. The standard InChI is InChI=1S/C16H20N2S2/c1-10(2)15(14-5-4-8-20-14)18-12-6-7-13(16(17)19)11(3)9-12/h4-10,15,18H,1-3H3,(H2,17,19). The quantitative estimate of drug-likeness (QED) is 0.799. The molecule has 0 spiro atoms. The first-order chi connectivity index (χ1) is 9.49. The third-order valence-electron chi connectivity index (χ3n) is 3.33. The smallest absolute Gasteiger partial charge is 0.104 e. The molecule has 0 bridgehead atoms. The molecule has 0 amide bonds. The van der Waals surface area contributed by atoms with Crippen LogP contribution in [0.2, 0.25) is 0 Å². The van der Waals surface area contributed by atoms with E-state index in [9.17, 15) is 0 Å². The van der Waals surface area contributed by atoms with Crippen molar-refractivity contribution in [1.29, 1.82) is 0 Å². The number of hydrogen-bond acceptors (Lipinski definition) is 3. The zero-order chi connectivity index (χ0) is 14.7. The third kappa shape index (κ3) is 3.38. The van der Waals surface area contributed by atoms with Crippen molar-refractivity contribution in [1.82, 2.24) is 0 Å². The number of rotatable bonds is 5. The van der Waals surface area contributed by atoms with Gasteiger partial charge in [-0.2, -0.15) is 0 Å². The predicted molar refractivity (Wildman–Crippen MR) is 92.6 cm³/mol. The fraction of sp³-hybridized carbons (Fsp3) is 0.312. The van der Waals surface area contributed by atoms with Crippen LogP contribution in [0.5, 0.6) is 0 Å². The van der Waals surface area contributed by atoms with Crippen molar-refractivity contribution in [3.63, 3.8) is 0 Å². The van der Waals surface area contributed by atoms with Crippen LogP contribution in [-0.2, 0) is 0 Å². The summed E-state index contributed by atoms with van der Waals surface area (Å²) in [5.74, 6) is 0.518. The van der Waals surface area contributed by atoms with E-state index in [2.05, 4.69) is 42.7 Å². The summed E-state index contributed by atoms with van der Waals surface area (Å²) in [6.07, 6.45) is 0. The first kappa shape index (κ1) is 15.0. The van der Waals surface area contributed by atoms with Gasteiger partial charge >= 0.3 is 0 Å². The Morgan fingerprint density at radius 1 is 1.30 bits per heavy atom. The van der Waals surface area contributed by atoms with Crippen molar-refractivity contribution in [2.24, 2.45) is 11.7 Å². The van der Waals surface area contributed by atoms with Crippen LogP contribution < -0.4 is 11.1 Å². The fourth-order valence-corrected chi connectivity index (χ4v) is 3.42. The van der Waals surface area contributed by atoms with E-state index in [1.54, 1.807) is 11.3 Å². The highest BCUT2D eigenvalue weighted by atomic mass is 32.1. The molecule has 2 rings (SSSR count). The first-order valence-corrected chi connectivity index (χ1v) is 7.98. The van der Waals surface area contributed by atoms with E-state index < -0.39 is 0 Å². The molecule has 0 aliphatic heterocycles. The highest BCUT2D eigenvalue weighted by Crippen LogP contribution is 2.30. The number of nitrogens with two attached hydrogens (primary N) is 1. The van der Waals surface area contributed by atoms with Gasteiger partial charge in [0.1, 0.15) is 4.99 Å². The number of benzene rings is 1. The van der Waals surface area contributed by atoms with Gasteiger partial charge in [0.25, 0.3) is 0 Å². The zero-order valence-electron chi connectivity index (χ0n) is 12.0. The molecule has 1 unspecified atom stereocenters. The Morgan fingerprint density at radius 3 is 2.55 bits per heavy atom. The van der Waals surface area contributed by atoms with Crippen LogP contribution in [0.4, 0.5) is 5.69 Å². The van der Waals surface area contributed by atoms with E-state index in [1.807, 2.05) is 19.1 Å². The van der Waals surface area contributed by atoms with E-state index in [0.717, 1.165) is 16.8 Å². The van der Waals surface area contributed by atoms with Crippen molar-refractivity contribution >= 4 is 34.2 Å². The Kier molecular flexibility index (Phi) is 4.78. The Hall–Kier alpha value is -1.39. The number of anilines is 1. The minimum absolute atomic E-state index is 0.324. The molecule has 0 fully saturated rings. The molecule has 106 valence electrons. The lowest BCUT2D eigenvalue weighted by Crippen LogP contribution is -2.16. The zero-order valence-corrected chi connectivity index (χ0v) is 13.6. The normalized spacial score (nSPS) is 12.4. The molecule has 0 radical (unpaired) electrons. The van der Waals surface area contributed by atoms with Crippen LogP contribution in [0, 0.1) is 12.8 Å². The van der Waals surface area contributed by atoms with Gasteiger partial charge < -0.3 is 11.1 Å². The maximum absolute atomic E-state index is 5.70. The van der Waals surface area contributed by atoms with E-state index in [1.165, 1.54) is 4.88 Å². The molecule has 0 aliphatic rings. The second-order valence-corrected chi connectivity index (χ2v) is 6.69. The van der Waals surface area contributed by atoms with Crippen molar-refractivity contribution in [2.75, 3.05) is 5.32 Å². The monoisotopic (exact) mass is 304 g/mol. The van der Waals surface area contributed by atoms with E-state index in [4.69, 9.17) is 18.0 Å². The highest BCUT2D eigenvalue weighted by Gasteiger charge is 2.16. The van der Waals surface area contributed by atoms with Crippen LogP contribution in [0.15, 0.2) is 35.7 Å². The summed E-state index contributed by atoms with van der Waals surface area (Å²) in [6.45, 7) is 6.50. The number of thiocarbonyl (C=S) groups is 1. The fourth-order valence-electron chi connectivity index (χ4n) is 2.24. The van der Waals surface area contributed by atoms with Crippen molar-refractivity contribution < 1.29 is 0 Å². The van der Waals surface area contributed by atoms with Crippen molar-refractivity contribution in [3.8, 4) is 0 Å². The molecule has 1 aromatic heterocycles. The van der Waals surface area contributed by atoms with Gasteiger partial charge in [-0.3, -0.25) is 0 Å². The molecule has 1 aromatic carbocycles. The summed E-state index contributed by atoms with van der Waals surface area (Å²) in [6, 6.07) is 10.7. The van der Waals surface area contributed by atoms with E-state index in [-0.39, 0.29) is 0 Å². The molecular weight excluding hydrogens is 284 g/mol. The van der Waals surface area contributed by atoms with Gasteiger partial charge in [0.05, 0.1) is 6.04 Å². The molecule has 3 N–H and O–H groups in total. The molecular formula is C16H20N2S2. The summed E-state index contributed by atoms with van der Waals surface area (Å²) < 4.78 is 0. The largest absolute Gasteiger partial charge is 0.389 e. The third-order valence-corrected chi connectivity index (χ3v) is 4.51. The predicted octanol–water partition coefficient (Wildman–Crippen LogP) is 4.50. The molecule has 1 heterocycles.